The van der Waals surface area contributed by atoms with Crippen LogP contribution in [0.5, 0.6) is 0 Å². The second kappa shape index (κ2) is 5.23. The molecule has 2 fully saturated rings. The lowest BCUT2D eigenvalue weighted by Gasteiger charge is -2.12. The van der Waals surface area contributed by atoms with Crippen LogP contribution in [0.2, 0.25) is 0 Å². The summed E-state index contributed by atoms with van der Waals surface area (Å²) in [5, 5.41) is 10.6. The second-order valence-corrected chi connectivity index (χ2v) is 5.75. The van der Waals surface area contributed by atoms with Gasteiger partial charge in [0.15, 0.2) is 0 Å². The highest BCUT2D eigenvalue weighted by atomic mass is 16.6. The minimum Gasteiger partial charge on any atom is -0.459 e. The van der Waals surface area contributed by atoms with E-state index in [-0.39, 0.29) is 17.8 Å². The smallest absolute Gasteiger partial charge is 0.338 e. The summed E-state index contributed by atoms with van der Waals surface area (Å²) in [5.74, 6) is 1.08. The molecule has 2 aliphatic carbocycles. The summed E-state index contributed by atoms with van der Waals surface area (Å²) in [4.78, 5) is 22.1. The molecule has 3 atom stereocenters. The van der Waals surface area contributed by atoms with Gasteiger partial charge in [0.25, 0.3) is 5.69 Å². The van der Waals surface area contributed by atoms with Crippen LogP contribution < -0.4 is 0 Å². The number of carbonyl (C=O) groups excluding carboxylic acids is 1. The lowest BCUT2D eigenvalue weighted by atomic mass is 10.0. The van der Waals surface area contributed by atoms with Crippen LogP contribution in [0, 0.1) is 22.0 Å². The molecule has 3 rings (SSSR count). The Bertz CT molecular complexity index is 513. The first-order valence-corrected chi connectivity index (χ1v) is 7.09. The minimum atomic E-state index is -0.479. The van der Waals surface area contributed by atoms with Gasteiger partial charge in [-0.15, -0.1) is 0 Å². The SMILES string of the molecule is O=C(OC1C[C@H]2CCC[C@H]2C1)c1ccc([N+](=O)[O-])cc1. The molecule has 0 N–H and O–H groups in total. The van der Waals surface area contributed by atoms with E-state index < -0.39 is 4.92 Å². The molecule has 0 aromatic heterocycles. The van der Waals surface area contributed by atoms with Gasteiger partial charge in [0, 0.05) is 12.1 Å². The highest BCUT2D eigenvalue weighted by Crippen LogP contribution is 2.45. The average Bonchev–Trinajstić information content (AvgIpc) is 2.99. The van der Waals surface area contributed by atoms with Crippen LogP contribution in [0.15, 0.2) is 24.3 Å². The largest absolute Gasteiger partial charge is 0.459 e. The fourth-order valence-electron chi connectivity index (χ4n) is 3.54. The zero-order valence-electron chi connectivity index (χ0n) is 11.2. The van der Waals surface area contributed by atoms with Crippen molar-refractivity contribution in [2.24, 2.45) is 11.8 Å². The van der Waals surface area contributed by atoms with Gasteiger partial charge >= 0.3 is 5.97 Å². The van der Waals surface area contributed by atoms with E-state index in [1.807, 2.05) is 0 Å². The molecule has 0 spiro atoms. The fourth-order valence-corrected chi connectivity index (χ4v) is 3.54. The monoisotopic (exact) mass is 275 g/mol. The van der Waals surface area contributed by atoms with Gasteiger partial charge < -0.3 is 4.74 Å². The predicted octanol–water partition coefficient (Wildman–Crippen LogP) is 3.33. The lowest BCUT2D eigenvalue weighted by Crippen LogP contribution is -2.16. The minimum absolute atomic E-state index is 0.0167. The third-order valence-electron chi connectivity index (χ3n) is 4.54. The van der Waals surface area contributed by atoms with E-state index in [0.29, 0.717) is 5.56 Å². The Labute approximate surface area is 117 Å². The molecule has 2 saturated carbocycles. The second-order valence-electron chi connectivity index (χ2n) is 5.75. The van der Waals surface area contributed by atoms with Crippen LogP contribution in [0.25, 0.3) is 0 Å². The molecule has 0 bridgehead atoms. The Kier molecular flexibility index (Phi) is 3.42. The Morgan fingerprint density at radius 3 is 2.30 bits per heavy atom. The molecule has 0 radical (unpaired) electrons. The molecule has 0 saturated heterocycles. The number of esters is 1. The Morgan fingerprint density at radius 2 is 1.75 bits per heavy atom. The normalized spacial score (nSPS) is 28.1. The molecule has 0 aliphatic heterocycles. The maximum Gasteiger partial charge on any atom is 0.338 e. The molecule has 1 aromatic rings. The van der Waals surface area contributed by atoms with Gasteiger partial charge in [-0.1, -0.05) is 19.3 Å². The van der Waals surface area contributed by atoms with Crippen LogP contribution in [-0.4, -0.2) is 17.0 Å². The van der Waals surface area contributed by atoms with Gasteiger partial charge in [0.2, 0.25) is 0 Å². The topological polar surface area (TPSA) is 69.4 Å². The first kappa shape index (κ1) is 13.1. The molecule has 0 heterocycles. The Hall–Kier alpha value is -1.91. The van der Waals surface area contributed by atoms with Crippen molar-refractivity contribution < 1.29 is 14.5 Å². The molecule has 5 nitrogen and oxygen atoms in total. The van der Waals surface area contributed by atoms with Crippen molar-refractivity contribution >= 4 is 11.7 Å². The number of rotatable bonds is 3. The number of fused-ring (bicyclic) bond motifs is 1. The molecule has 20 heavy (non-hydrogen) atoms. The van der Waals surface area contributed by atoms with Crippen LogP contribution in [0.3, 0.4) is 0 Å². The van der Waals surface area contributed by atoms with Gasteiger partial charge in [-0.3, -0.25) is 10.1 Å². The van der Waals surface area contributed by atoms with Gasteiger partial charge in [-0.2, -0.15) is 0 Å². The fraction of sp³-hybridized carbons (Fsp3) is 0.533. The first-order valence-electron chi connectivity index (χ1n) is 7.09. The van der Waals surface area contributed by atoms with Crippen molar-refractivity contribution in [1.82, 2.24) is 0 Å². The molecular formula is C15H17NO4. The predicted molar refractivity (Wildman–Crippen MR) is 72.4 cm³/mol. The van der Waals surface area contributed by atoms with Crippen LogP contribution in [-0.2, 0) is 4.74 Å². The number of benzene rings is 1. The van der Waals surface area contributed by atoms with Crippen molar-refractivity contribution in [1.29, 1.82) is 0 Å². The summed E-state index contributed by atoms with van der Waals surface area (Å²) >= 11 is 0. The van der Waals surface area contributed by atoms with E-state index in [0.717, 1.165) is 24.7 Å². The third-order valence-corrected chi connectivity index (χ3v) is 4.54. The van der Waals surface area contributed by atoms with Gasteiger partial charge in [0.05, 0.1) is 10.5 Å². The van der Waals surface area contributed by atoms with Gasteiger partial charge in [-0.05, 0) is 36.8 Å². The van der Waals surface area contributed by atoms with Crippen molar-refractivity contribution in [3.8, 4) is 0 Å². The Balaban J connectivity index is 1.60. The van der Waals surface area contributed by atoms with E-state index in [2.05, 4.69) is 0 Å². The number of carbonyl (C=O) groups is 1. The van der Waals surface area contributed by atoms with E-state index in [9.17, 15) is 14.9 Å². The zero-order chi connectivity index (χ0) is 14.1. The van der Waals surface area contributed by atoms with Crippen LogP contribution in [0.4, 0.5) is 5.69 Å². The van der Waals surface area contributed by atoms with Gasteiger partial charge in [0.1, 0.15) is 6.10 Å². The van der Waals surface area contributed by atoms with Crippen molar-refractivity contribution in [3.05, 3.63) is 39.9 Å². The number of hydrogen-bond donors (Lipinski definition) is 0. The molecule has 2 aliphatic rings. The summed E-state index contributed by atoms with van der Waals surface area (Å²) < 4.78 is 5.53. The quantitative estimate of drug-likeness (QED) is 0.482. The van der Waals surface area contributed by atoms with E-state index in [1.165, 1.54) is 43.5 Å². The third kappa shape index (κ3) is 2.53. The molecule has 5 heteroatoms. The molecule has 1 unspecified atom stereocenters. The Morgan fingerprint density at radius 1 is 1.15 bits per heavy atom. The number of non-ortho nitro benzene ring substituents is 1. The van der Waals surface area contributed by atoms with Crippen LogP contribution in [0.1, 0.15) is 42.5 Å². The van der Waals surface area contributed by atoms with Crippen LogP contribution >= 0.6 is 0 Å². The maximum atomic E-state index is 12.0. The maximum absolute atomic E-state index is 12.0. The zero-order valence-corrected chi connectivity index (χ0v) is 11.2. The highest BCUT2D eigenvalue weighted by molar-refractivity contribution is 5.89. The van der Waals surface area contributed by atoms with Gasteiger partial charge in [-0.25, -0.2) is 4.79 Å². The number of nitro benzene ring substituents is 1. The number of nitro groups is 1. The van der Waals surface area contributed by atoms with Crippen molar-refractivity contribution in [2.45, 2.75) is 38.2 Å². The first-order chi connectivity index (χ1) is 9.63. The summed E-state index contributed by atoms with van der Waals surface area (Å²) in [7, 11) is 0. The highest BCUT2D eigenvalue weighted by Gasteiger charge is 2.39. The molecular weight excluding hydrogens is 258 g/mol. The summed E-state index contributed by atoms with van der Waals surface area (Å²) in [6.45, 7) is 0. The number of nitrogens with zero attached hydrogens (tertiary/aromatic N) is 1. The van der Waals surface area contributed by atoms with E-state index in [1.54, 1.807) is 0 Å². The van der Waals surface area contributed by atoms with Crippen molar-refractivity contribution in [2.75, 3.05) is 0 Å². The summed E-state index contributed by atoms with van der Waals surface area (Å²) in [6, 6.07) is 5.58. The number of hydrogen-bond acceptors (Lipinski definition) is 4. The lowest BCUT2D eigenvalue weighted by molar-refractivity contribution is -0.384. The summed E-state index contributed by atoms with van der Waals surface area (Å²) in [6.07, 6.45) is 5.80. The molecule has 106 valence electrons. The number of ether oxygens (including phenoxy) is 1. The standard InChI is InChI=1S/C15H17NO4/c17-15(10-4-6-13(7-5-10)16(18)19)20-14-8-11-2-1-3-12(11)9-14/h4-7,11-12,14H,1-3,8-9H2/t11-,12+,14?. The van der Waals surface area contributed by atoms with E-state index >= 15 is 0 Å². The molecule has 1 aromatic carbocycles. The van der Waals surface area contributed by atoms with E-state index in [4.69, 9.17) is 4.74 Å². The average molecular weight is 275 g/mol. The van der Waals surface area contributed by atoms with Crippen molar-refractivity contribution in [3.63, 3.8) is 0 Å². The summed E-state index contributed by atoms with van der Waals surface area (Å²) in [5.41, 5.74) is 0.365. The molecule has 0 amide bonds.